The quantitative estimate of drug-likeness (QED) is 0.700. The first-order valence-corrected chi connectivity index (χ1v) is 9.36. The van der Waals surface area contributed by atoms with E-state index in [4.69, 9.17) is 10.5 Å². The number of hydrogen-bond donors (Lipinski definition) is 2. The van der Waals surface area contributed by atoms with Crippen LogP contribution in [0.5, 0.6) is 5.75 Å². The first-order valence-electron chi connectivity index (χ1n) is 9.36. The van der Waals surface area contributed by atoms with Gasteiger partial charge in [0.2, 0.25) is 5.91 Å². The number of carbonyl (C=O) groups is 2. The van der Waals surface area contributed by atoms with Crippen LogP contribution >= 0.6 is 0 Å². The molecular weight excluding hydrogens is 370 g/mol. The molecule has 0 spiro atoms. The molecule has 3 N–H and O–H groups in total. The van der Waals surface area contributed by atoms with Crippen LogP contribution < -0.4 is 20.7 Å². The zero-order valence-corrected chi connectivity index (χ0v) is 16.3. The van der Waals surface area contributed by atoms with Gasteiger partial charge in [0.15, 0.2) is 0 Å². The topological polar surface area (TPSA) is 97.6 Å². The summed E-state index contributed by atoms with van der Waals surface area (Å²) in [6.45, 7) is 4.65. The van der Waals surface area contributed by atoms with E-state index in [-0.39, 0.29) is 5.69 Å². The number of ether oxygens (including phenoxy) is 1. The Bertz CT molecular complexity index is 772. The second-order valence-electron chi connectivity index (χ2n) is 8.28. The van der Waals surface area contributed by atoms with Crippen LogP contribution in [-0.2, 0) is 4.79 Å². The Labute approximate surface area is 162 Å². The average Bonchev–Trinajstić information content (AvgIpc) is 3.41. The highest BCUT2D eigenvalue weighted by Crippen LogP contribution is 2.38. The van der Waals surface area contributed by atoms with Crippen molar-refractivity contribution in [2.75, 3.05) is 24.6 Å². The minimum absolute atomic E-state index is 0.0916. The van der Waals surface area contributed by atoms with Crippen molar-refractivity contribution in [3.05, 3.63) is 18.0 Å². The third-order valence-electron chi connectivity index (χ3n) is 5.50. The van der Waals surface area contributed by atoms with Crippen molar-refractivity contribution < 1.29 is 23.1 Å². The number of nitrogens with two attached hydrogens (primary N) is 1. The van der Waals surface area contributed by atoms with Crippen molar-refractivity contribution in [1.29, 1.82) is 0 Å². The molecule has 0 radical (unpaired) electrons. The molecule has 1 atom stereocenters. The maximum atomic E-state index is 13.3. The molecule has 154 valence electrons. The molecule has 1 aromatic rings. The van der Waals surface area contributed by atoms with Gasteiger partial charge in [-0.2, -0.15) is 0 Å². The van der Waals surface area contributed by atoms with Gasteiger partial charge in [-0.15, -0.1) is 0 Å². The van der Waals surface area contributed by atoms with Gasteiger partial charge in [0.05, 0.1) is 37.0 Å². The monoisotopic (exact) mass is 396 g/mol. The summed E-state index contributed by atoms with van der Waals surface area (Å²) in [6.07, 6.45) is 3.54. The van der Waals surface area contributed by atoms with E-state index in [9.17, 15) is 18.4 Å². The lowest BCUT2D eigenvalue weighted by atomic mass is 9.84. The first kappa shape index (κ1) is 20.3. The van der Waals surface area contributed by atoms with Crippen LogP contribution in [0.1, 0.15) is 44.1 Å². The summed E-state index contributed by atoms with van der Waals surface area (Å²) in [5.74, 6) is -2.91. The van der Waals surface area contributed by atoms with E-state index in [2.05, 4.69) is 10.3 Å². The predicted octanol–water partition coefficient (Wildman–Crippen LogP) is 1.96. The fraction of sp³-hybridized carbons (Fsp3) is 0.632. The highest BCUT2D eigenvalue weighted by molar-refractivity contribution is 5.94. The number of amides is 2. The Kier molecular flexibility index (Phi) is 5.20. The van der Waals surface area contributed by atoms with E-state index in [1.807, 2.05) is 0 Å². The molecule has 0 unspecified atom stereocenters. The molecular formula is C19H26F2N4O3. The SMILES string of the molecule is C[C@@H](NC(=O)c1cc(OCC2CC2)c(N2CC(F)(F)C2)cn1)C(C)(C)C(N)=O. The van der Waals surface area contributed by atoms with Crippen molar-refractivity contribution in [1.82, 2.24) is 10.3 Å². The Hall–Kier alpha value is -2.45. The minimum Gasteiger partial charge on any atom is -0.491 e. The van der Waals surface area contributed by atoms with Crippen LogP contribution in [0.15, 0.2) is 12.3 Å². The molecule has 0 bridgehead atoms. The number of anilines is 1. The summed E-state index contributed by atoms with van der Waals surface area (Å²) in [5, 5.41) is 2.72. The minimum atomic E-state index is -2.72. The van der Waals surface area contributed by atoms with Crippen LogP contribution in [0.25, 0.3) is 0 Å². The molecule has 1 saturated heterocycles. The molecule has 1 saturated carbocycles. The number of nitrogens with one attached hydrogen (secondary N) is 1. The van der Waals surface area contributed by atoms with Gasteiger partial charge < -0.3 is 20.7 Å². The van der Waals surface area contributed by atoms with Gasteiger partial charge in [-0.1, -0.05) is 0 Å². The number of alkyl halides is 2. The fourth-order valence-electron chi connectivity index (χ4n) is 2.75. The third-order valence-corrected chi connectivity index (χ3v) is 5.50. The molecule has 0 aromatic carbocycles. The standard InChI is InChI=1S/C19H26F2N4O3/c1-11(18(2,3)17(22)27)24-16(26)13-6-15(28-8-12-4-5-12)14(7-23-13)25-9-19(20,21)10-25/h6-7,11-12H,4-5,8-10H2,1-3H3,(H2,22,27)(H,24,26)/t11-/m1/s1. The van der Waals surface area contributed by atoms with Crippen LogP contribution in [0.2, 0.25) is 0 Å². The second-order valence-corrected chi connectivity index (χ2v) is 8.28. The molecule has 1 aliphatic heterocycles. The molecule has 1 aliphatic carbocycles. The van der Waals surface area contributed by atoms with E-state index in [0.29, 0.717) is 24.0 Å². The van der Waals surface area contributed by atoms with Crippen molar-refractivity contribution in [2.24, 2.45) is 17.1 Å². The van der Waals surface area contributed by atoms with Gasteiger partial charge in [-0.3, -0.25) is 9.59 Å². The number of halogens is 2. The lowest BCUT2D eigenvalue weighted by Crippen LogP contribution is -2.56. The summed E-state index contributed by atoms with van der Waals surface area (Å²) in [4.78, 5) is 29.7. The highest BCUT2D eigenvalue weighted by atomic mass is 19.3. The lowest BCUT2D eigenvalue weighted by molar-refractivity contribution is -0.127. The number of carbonyl (C=O) groups excluding carboxylic acids is 2. The molecule has 3 rings (SSSR count). The Morgan fingerprint density at radius 3 is 2.61 bits per heavy atom. The van der Waals surface area contributed by atoms with Gasteiger partial charge in [0.25, 0.3) is 11.8 Å². The summed E-state index contributed by atoms with van der Waals surface area (Å²) < 4.78 is 32.3. The molecule has 2 aliphatic rings. The van der Waals surface area contributed by atoms with Gasteiger partial charge >= 0.3 is 0 Å². The van der Waals surface area contributed by atoms with Crippen LogP contribution in [0, 0.1) is 11.3 Å². The predicted molar refractivity (Wildman–Crippen MR) is 99.5 cm³/mol. The number of hydrogen-bond acceptors (Lipinski definition) is 5. The smallest absolute Gasteiger partial charge is 0.282 e. The summed E-state index contributed by atoms with van der Waals surface area (Å²) >= 11 is 0. The molecule has 2 fully saturated rings. The van der Waals surface area contributed by atoms with Gasteiger partial charge in [-0.25, -0.2) is 13.8 Å². The van der Waals surface area contributed by atoms with Crippen LogP contribution in [0.4, 0.5) is 14.5 Å². The number of pyridine rings is 1. The Balaban J connectivity index is 1.76. The van der Waals surface area contributed by atoms with Crippen molar-refractivity contribution >= 4 is 17.5 Å². The second kappa shape index (κ2) is 7.18. The van der Waals surface area contributed by atoms with E-state index in [1.165, 1.54) is 17.2 Å². The van der Waals surface area contributed by atoms with Gasteiger partial charge in [0, 0.05) is 12.1 Å². The number of aromatic nitrogens is 1. The number of primary amides is 1. The molecule has 28 heavy (non-hydrogen) atoms. The molecule has 1 aromatic heterocycles. The van der Waals surface area contributed by atoms with Crippen molar-refractivity contribution in [2.45, 2.75) is 45.6 Å². The summed E-state index contributed by atoms with van der Waals surface area (Å²) in [6, 6.07) is 0.942. The molecule has 2 amide bonds. The molecule has 9 heteroatoms. The average molecular weight is 396 g/mol. The first-order chi connectivity index (χ1) is 13.0. The summed E-state index contributed by atoms with van der Waals surface area (Å²) in [5.41, 5.74) is 4.99. The number of rotatable bonds is 8. The van der Waals surface area contributed by atoms with Crippen LogP contribution in [-0.4, -0.2) is 48.5 Å². The van der Waals surface area contributed by atoms with Crippen LogP contribution in [0.3, 0.4) is 0 Å². The Morgan fingerprint density at radius 1 is 1.43 bits per heavy atom. The van der Waals surface area contributed by atoms with Gasteiger partial charge in [-0.05, 0) is 39.5 Å². The molecule has 2 heterocycles. The number of nitrogens with zero attached hydrogens (tertiary/aromatic N) is 2. The van der Waals surface area contributed by atoms with Gasteiger partial charge in [0.1, 0.15) is 11.4 Å². The molecule has 7 nitrogen and oxygen atoms in total. The largest absolute Gasteiger partial charge is 0.491 e. The maximum absolute atomic E-state index is 13.3. The zero-order chi connectivity index (χ0) is 20.7. The highest BCUT2D eigenvalue weighted by Gasteiger charge is 2.45. The van der Waals surface area contributed by atoms with E-state index >= 15 is 0 Å². The van der Waals surface area contributed by atoms with Crippen molar-refractivity contribution in [3.8, 4) is 5.75 Å². The van der Waals surface area contributed by atoms with Crippen molar-refractivity contribution in [3.63, 3.8) is 0 Å². The Morgan fingerprint density at radius 2 is 2.07 bits per heavy atom. The normalized spacial score (nSPS) is 19.5. The third kappa shape index (κ3) is 4.34. The van der Waals surface area contributed by atoms with E-state index in [1.54, 1.807) is 20.8 Å². The lowest BCUT2D eigenvalue weighted by Gasteiger charge is -2.40. The fourth-order valence-corrected chi connectivity index (χ4v) is 2.75. The zero-order valence-electron chi connectivity index (χ0n) is 16.3. The summed E-state index contributed by atoms with van der Waals surface area (Å²) in [7, 11) is 0. The maximum Gasteiger partial charge on any atom is 0.282 e. The van der Waals surface area contributed by atoms with E-state index < -0.39 is 42.3 Å². The van der Waals surface area contributed by atoms with E-state index in [0.717, 1.165) is 12.8 Å².